The maximum absolute atomic E-state index is 2.38. The lowest BCUT2D eigenvalue weighted by Crippen LogP contribution is -2.12. The largest absolute Gasteiger partial charge is 0.0623 e. The summed E-state index contributed by atoms with van der Waals surface area (Å²) in [6.45, 7) is 9.48. The van der Waals surface area contributed by atoms with E-state index in [1.54, 1.807) is 0 Å². The molecule has 0 spiro atoms. The van der Waals surface area contributed by atoms with Crippen molar-refractivity contribution in [2.75, 3.05) is 0 Å². The van der Waals surface area contributed by atoms with E-state index in [1.807, 2.05) is 0 Å². The SMILES string of the molecule is CC1CCCC1C.CC1CCCCC1C. The summed E-state index contributed by atoms with van der Waals surface area (Å²) in [5, 5.41) is 0. The van der Waals surface area contributed by atoms with Crippen molar-refractivity contribution in [2.24, 2.45) is 23.7 Å². The lowest BCUT2D eigenvalue weighted by molar-refractivity contribution is 0.277. The smallest absolute Gasteiger partial charge is 0.0417 e. The Balaban J connectivity index is 0.000000151. The Morgan fingerprint density at radius 2 is 0.733 bits per heavy atom. The van der Waals surface area contributed by atoms with Gasteiger partial charge in [-0.15, -0.1) is 0 Å². The molecule has 2 rings (SSSR count). The van der Waals surface area contributed by atoms with Crippen molar-refractivity contribution in [2.45, 2.75) is 72.6 Å². The van der Waals surface area contributed by atoms with Gasteiger partial charge >= 0.3 is 0 Å². The van der Waals surface area contributed by atoms with Crippen molar-refractivity contribution in [3.05, 3.63) is 0 Å². The third-order valence-corrected chi connectivity index (χ3v) is 4.83. The molecule has 0 heteroatoms. The van der Waals surface area contributed by atoms with Crippen LogP contribution in [0.4, 0.5) is 0 Å². The average molecular weight is 210 g/mol. The third kappa shape index (κ3) is 4.57. The van der Waals surface area contributed by atoms with Gasteiger partial charge in [0.25, 0.3) is 0 Å². The summed E-state index contributed by atoms with van der Waals surface area (Å²) in [5.41, 5.74) is 0. The number of rotatable bonds is 0. The molecule has 15 heavy (non-hydrogen) atoms. The fraction of sp³-hybridized carbons (Fsp3) is 1.00. The summed E-state index contributed by atoms with van der Waals surface area (Å²) in [7, 11) is 0. The average Bonchev–Trinajstić information content (AvgIpc) is 2.57. The molecular formula is C15H30. The molecule has 2 fully saturated rings. The minimum atomic E-state index is 1.00. The molecule has 0 aromatic carbocycles. The van der Waals surface area contributed by atoms with E-state index in [-0.39, 0.29) is 0 Å². The Morgan fingerprint density at radius 1 is 0.467 bits per heavy atom. The highest BCUT2D eigenvalue weighted by molar-refractivity contribution is 4.69. The van der Waals surface area contributed by atoms with Gasteiger partial charge in [0.15, 0.2) is 0 Å². The Hall–Kier alpha value is 0. The van der Waals surface area contributed by atoms with Crippen molar-refractivity contribution < 1.29 is 0 Å². The molecule has 0 heterocycles. The van der Waals surface area contributed by atoms with Crippen LogP contribution in [0.2, 0.25) is 0 Å². The normalized spacial score (nSPS) is 40.8. The van der Waals surface area contributed by atoms with E-state index in [1.165, 1.54) is 44.9 Å². The van der Waals surface area contributed by atoms with Gasteiger partial charge in [0.05, 0.1) is 0 Å². The Morgan fingerprint density at radius 3 is 0.933 bits per heavy atom. The fourth-order valence-corrected chi connectivity index (χ4v) is 2.83. The molecule has 0 radical (unpaired) electrons. The second-order valence-electron chi connectivity index (χ2n) is 6.12. The van der Waals surface area contributed by atoms with Gasteiger partial charge in [0, 0.05) is 0 Å². The summed E-state index contributed by atoms with van der Waals surface area (Å²) in [6, 6.07) is 0. The van der Waals surface area contributed by atoms with Crippen LogP contribution in [-0.4, -0.2) is 0 Å². The van der Waals surface area contributed by atoms with Crippen molar-refractivity contribution in [1.29, 1.82) is 0 Å². The first-order valence-electron chi connectivity index (χ1n) is 7.11. The summed E-state index contributed by atoms with van der Waals surface area (Å²) in [6.07, 6.45) is 10.3. The lowest BCUT2D eigenvalue weighted by Gasteiger charge is -2.24. The van der Waals surface area contributed by atoms with Crippen LogP contribution in [-0.2, 0) is 0 Å². The second-order valence-corrected chi connectivity index (χ2v) is 6.12. The molecule has 0 amide bonds. The first-order valence-corrected chi connectivity index (χ1v) is 7.11. The van der Waals surface area contributed by atoms with Crippen LogP contribution in [0.25, 0.3) is 0 Å². The Labute approximate surface area is 96.8 Å². The summed E-state index contributed by atoms with van der Waals surface area (Å²) in [5.74, 6) is 4.03. The standard InChI is InChI=1S/C8H16.C7H14/c1-7-5-3-4-6-8(7)2;1-6-4-3-5-7(6)2/h7-8H,3-6H2,1-2H3;6-7H,3-5H2,1-2H3. The van der Waals surface area contributed by atoms with Crippen molar-refractivity contribution >= 4 is 0 Å². The minimum Gasteiger partial charge on any atom is -0.0623 e. The Bertz CT molecular complexity index is 143. The van der Waals surface area contributed by atoms with Gasteiger partial charge in [-0.3, -0.25) is 0 Å². The maximum Gasteiger partial charge on any atom is -0.0417 e. The second kappa shape index (κ2) is 6.55. The van der Waals surface area contributed by atoms with Gasteiger partial charge < -0.3 is 0 Å². The maximum atomic E-state index is 2.38. The zero-order chi connectivity index (χ0) is 11.3. The monoisotopic (exact) mass is 210 g/mol. The molecule has 0 aliphatic heterocycles. The number of hydrogen-bond acceptors (Lipinski definition) is 0. The molecule has 0 saturated heterocycles. The molecule has 0 bridgehead atoms. The van der Waals surface area contributed by atoms with Gasteiger partial charge in [-0.1, -0.05) is 72.6 Å². The molecule has 4 atom stereocenters. The molecule has 0 aromatic rings. The summed E-state index contributed by atoms with van der Waals surface area (Å²) < 4.78 is 0. The molecule has 4 unspecified atom stereocenters. The lowest BCUT2D eigenvalue weighted by atomic mass is 9.82. The van der Waals surface area contributed by atoms with Crippen LogP contribution in [0.3, 0.4) is 0 Å². The molecular weight excluding hydrogens is 180 g/mol. The van der Waals surface area contributed by atoms with Crippen LogP contribution < -0.4 is 0 Å². The molecule has 2 aliphatic carbocycles. The first kappa shape index (κ1) is 13.1. The zero-order valence-electron chi connectivity index (χ0n) is 11.3. The molecule has 2 saturated carbocycles. The van der Waals surface area contributed by atoms with Gasteiger partial charge in [-0.05, 0) is 23.7 Å². The highest BCUT2D eigenvalue weighted by atomic mass is 14.2. The van der Waals surface area contributed by atoms with Crippen LogP contribution in [0.15, 0.2) is 0 Å². The van der Waals surface area contributed by atoms with Gasteiger partial charge in [-0.2, -0.15) is 0 Å². The van der Waals surface area contributed by atoms with E-state index in [9.17, 15) is 0 Å². The van der Waals surface area contributed by atoms with Gasteiger partial charge in [-0.25, -0.2) is 0 Å². The van der Waals surface area contributed by atoms with E-state index < -0.39 is 0 Å². The fourth-order valence-electron chi connectivity index (χ4n) is 2.83. The zero-order valence-corrected chi connectivity index (χ0v) is 11.3. The van der Waals surface area contributed by atoms with E-state index in [0.29, 0.717) is 0 Å². The first-order chi connectivity index (χ1) is 7.11. The van der Waals surface area contributed by atoms with Gasteiger partial charge in [0.1, 0.15) is 0 Å². The molecule has 90 valence electrons. The van der Waals surface area contributed by atoms with Crippen LogP contribution >= 0.6 is 0 Å². The number of hydrogen-bond donors (Lipinski definition) is 0. The van der Waals surface area contributed by atoms with Crippen molar-refractivity contribution in [3.63, 3.8) is 0 Å². The predicted octanol–water partition coefficient (Wildman–Crippen LogP) is 5.28. The quantitative estimate of drug-likeness (QED) is 0.510. The molecule has 0 nitrogen and oxygen atoms in total. The van der Waals surface area contributed by atoms with E-state index >= 15 is 0 Å². The summed E-state index contributed by atoms with van der Waals surface area (Å²) in [4.78, 5) is 0. The van der Waals surface area contributed by atoms with Crippen LogP contribution in [0.1, 0.15) is 72.6 Å². The minimum absolute atomic E-state index is 1.00. The topological polar surface area (TPSA) is 0 Å². The van der Waals surface area contributed by atoms with Crippen LogP contribution in [0, 0.1) is 23.7 Å². The Kier molecular flexibility index (Phi) is 5.71. The van der Waals surface area contributed by atoms with Crippen molar-refractivity contribution in [1.82, 2.24) is 0 Å². The summed E-state index contributed by atoms with van der Waals surface area (Å²) >= 11 is 0. The molecule has 0 N–H and O–H groups in total. The molecule has 2 aliphatic rings. The van der Waals surface area contributed by atoms with Gasteiger partial charge in [0.2, 0.25) is 0 Å². The van der Waals surface area contributed by atoms with Crippen LogP contribution in [0.5, 0.6) is 0 Å². The highest BCUT2D eigenvalue weighted by Gasteiger charge is 2.17. The van der Waals surface area contributed by atoms with E-state index in [2.05, 4.69) is 27.7 Å². The predicted molar refractivity (Wildman–Crippen MR) is 69.0 cm³/mol. The van der Waals surface area contributed by atoms with E-state index in [0.717, 1.165) is 23.7 Å². The van der Waals surface area contributed by atoms with E-state index in [4.69, 9.17) is 0 Å². The highest BCUT2D eigenvalue weighted by Crippen LogP contribution is 2.30. The third-order valence-electron chi connectivity index (χ3n) is 4.83. The molecule has 0 aromatic heterocycles. The van der Waals surface area contributed by atoms with Crippen molar-refractivity contribution in [3.8, 4) is 0 Å².